The SMILES string of the molecule is Clc1ccccc1.N#CCSCC(C1CC1)N1C(=O)COCC1c1ccc(Cl)cc1. The number of hydrogen-bond acceptors (Lipinski definition) is 4. The Morgan fingerprint density at radius 2 is 1.77 bits per heavy atom. The summed E-state index contributed by atoms with van der Waals surface area (Å²) in [6.07, 6.45) is 2.32. The average Bonchev–Trinajstić information content (AvgIpc) is 3.59. The second-order valence-corrected chi connectivity index (χ2v) is 9.16. The van der Waals surface area contributed by atoms with Gasteiger partial charge in [0.15, 0.2) is 0 Å². The van der Waals surface area contributed by atoms with Crippen LogP contribution in [0.1, 0.15) is 24.4 Å². The van der Waals surface area contributed by atoms with Crippen LogP contribution in [-0.2, 0) is 9.53 Å². The highest BCUT2D eigenvalue weighted by molar-refractivity contribution is 7.99. The summed E-state index contributed by atoms with van der Waals surface area (Å²) in [5.74, 6) is 1.88. The molecule has 0 radical (unpaired) electrons. The highest BCUT2D eigenvalue weighted by Gasteiger charge is 2.42. The first kappa shape index (κ1) is 23.0. The Balaban J connectivity index is 0.000000310. The van der Waals surface area contributed by atoms with Crippen molar-refractivity contribution >= 4 is 40.9 Å². The van der Waals surface area contributed by atoms with Crippen LogP contribution in [0.4, 0.5) is 0 Å². The van der Waals surface area contributed by atoms with E-state index in [9.17, 15) is 4.79 Å². The Kier molecular flexibility index (Phi) is 8.89. The van der Waals surface area contributed by atoms with Gasteiger partial charge in [-0.1, -0.05) is 53.5 Å². The van der Waals surface area contributed by atoms with Crippen molar-refractivity contribution in [3.63, 3.8) is 0 Å². The van der Waals surface area contributed by atoms with Crippen molar-refractivity contribution in [2.75, 3.05) is 24.7 Å². The van der Waals surface area contributed by atoms with Gasteiger partial charge in [-0.2, -0.15) is 5.26 Å². The van der Waals surface area contributed by atoms with Crippen molar-refractivity contribution in [1.29, 1.82) is 5.26 Å². The number of ether oxygens (including phenoxy) is 1. The lowest BCUT2D eigenvalue weighted by Gasteiger charge is -2.41. The monoisotopic (exact) mass is 462 g/mol. The van der Waals surface area contributed by atoms with E-state index in [0.29, 0.717) is 23.3 Å². The predicted octanol–water partition coefficient (Wildman–Crippen LogP) is 5.62. The van der Waals surface area contributed by atoms with Gasteiger partial charge in [0.25, 0.3) is 0 Å². The molecule has 7 heteroatoms. The van der Waals surface area contributed by atoms with Crippen molar-refractivity contribution in [2.24, 2.45) is 5.92 Å². The number of carbonyl (C=O) groups is 1. The second kappa shape index (κ2) is 11.6. The number of nitriles is 1. The van der Waals surface area contributed by atoms with Crippen LogP contribution >= 0.6 is 35.0 Å². The molecule has 2 unspecified atom stereocenters. The Labute approximate surface area is 192 Å². The topological polar surface area (TPSA) is 53.3 Å². The van der Waals surface area contributed by atoms with Gasteiger partial charge in [0, 0.05) is 21.8 Å². The van der Waals surface area contributed by atoms with Crippen molar-refractivity contribution in [2.45, 2.75) is 24.9 Å². The van der Waals surface area contributed by atoms with Crippen LogP contribution in [0.2, 0.25) is 10.0 Å². The molecular weight excluding hydrogens is 439 g/mol. The first-order chi connectivity index (χ1) is 14.6. The highest BCUT2D eigenvalue weighted by atomic mass is 35.5. The van der Waals surface area contributed by atoms with Gasteiger partial charge in [-0.15, -0.1) is 11.8 Å². The van der Waals surface area contributed by atoms with Gasteiger partial charge >= 0.3 is 0 Å². The number of hydrogen-bond donors (Lipinski definition) is 0. The molecule has 0 bridgehead atoms. The van der Waals surface area contributed by atoms with Crippen LogP contribution in [0.25, 0.3) is 0 Å². The standard InChI is InChI=1S/C17H19ClN2O2S.C6H5Cl/c18-14-5-3-12(4-6-14)15-9-22-10-17(21)20(15)16(13-1-2-13)11-23-8-7-19;7-6-4-2-1-3-5-6/h3-6,13,15-16H,1-2,8-11H2;1-5H. The quantitative estimate of drug-likeness (QED) is 0.522. The Morgan fingerprint density at radius 3 is 2.33 bits per heavy atom. The van der Waals surface area contributed by atoms with Crippen molar-refractivity contribution < 1.29 is 9.53 Å². The van der Waals surface area contributed by atoms with Crippen LogP contribution in [0.5, 0.6) is 0 Å². The maximum Gasteiger partial charge on any atom is 0.249 e. The molecule has 30 heavy (non-hydrogen) atoms. The normalized spacial score (nSPS) is 19.4. The summed E-state index contributed by atoms with van der Waals surface area (Å²) in [7, 11) is 0. The number of carbonyl (C=O) groups excluding carboxylic acids is 1. The average molecular weight is 463 g/mol. The fourth-order valence-corrected chi connectivity index (χ4v) is 4.66. The molecule has 2 aromatic rings. The third-order valence-electron chi connectivity index (χ3n) is 5.09. The van der Waals surface area contributed by atoms with E-state index in [1.165, 1.54) is 0 Å². The summed E-state index contributed by atoms with van der Waals surface area (Å²) in [4.78, 5) is 14.6. The summed E-state index contributed by atoms with van der Waals surface area (Å²) in [5.41, 5.74) is 1.05. The van der Waals surface area contributed by atoms with Gasteiger partial charge in [0.2, 0.25) is 5.91 Å². The largest absolute Gasteiger partial charge is 0.369 e. The third kappa shape index (κ3) is 6.65. The molecule has 4 nitrogen and oxygen atoms in total. The lowest BCUT2D eigenvalue weighted by molar-refractivity contribution is -0.152. The number of rotatable bonds is 6. The molecule has 1 heterocycles. The van der Waals surface area contributed by atoms with E-state index in [-0.39, 0.29) is 24.6 Å². The summed E-state index contributed by atoms with van der Waals surface area (Å²) in [5, 5.41) is 10.2. The second-order valence-electron chi connectivity index (χ2n) is 7.26. The molecular formula is C23H24Cl2N2O2S. The third-order valence-corrected chi connectivity index (χ3v) is 6.51. The Bertz CT molecular complexity index is 854. The van der Waals surface area contributed by atoms with Gasteiger partial charge in [-0.25, -0.2) is 0 Å². The van der Waals surface area contributed by atoms with E-state index in [2.05, 4.69) is 6.07 Å². The van der Waals surface area contributed by atoms with Crippen LogP contribution in [0.3, 0.4) is 0 Å². The van der Waals surface area contributed by atoms with Gasteiger partial charge in [-0.05, 0) is 48.6 Å². The Morgan fingerprint density at radius 1 is 1.10 bits per heavy atom. The molecule has 2 aromatic carbocycles. The number of nitrogens with zero attached hydrogens (tertiary/aromatic N) is 2. The fourth-order valence-electron chi connectivity index (χ4n) is 3.51. The molecule has 0 aromatic heterocycles. The van der Waals surface area contributed by atoms with Gasteiger partial charge in [-0.3, -0.25) is 4.79 Å². The summed E-state index contributed by atoms with van der Waals surface area (Å²) in [6, 6.07) is 19.4. The molecule has 2 fully saturated rings. The first-order valence-electron chi connectivity index (χ1n) is 9.89. The number of morpholine rings is 1. The first-order valence-corrected chi connectivity index (χ1v) is 11.8. The smallest absolute Gasteiger partial charge is 0.249 e. The van der Waals surface area contributed by atoms with E-state index in [1.807, 2.05) is 59.5 Å². The molecule has 0 N–H and O–H groups in total. The minimum Gasteiger partial charge on any atom is -0.369 e. The number of thioether (sulfide) groups is 1. The minimum atomic E-state index is -0.0678. The molecule has 4 rings (SSSR count). The fraction of sp³-hybridized carbons (Fsp3) is 0.391. The summed E-state index contributed by atoms with van der Waals surface area (Å²) < 4.78 is 5.50. The van der Waals surface area contributed by atoms with Crippen LogP contribution in [-0.4, -0.2) is 41.6 Å². The molecule has 1 aliphatic carbocycles. The zero-order valence-electron chi connectivity index (χ0n) is 16.5. The Hall–Kier alpha value is -1.71. The minimum absolute atomic E-state index is 0.0469. The van der Waals surface area contributed by atoms with E-state index in [1.54, 1.807) is 11.8 Å². The maximum absolute atomic E-state index is 12.6. The lowest BCUT2D eigenvalue weighted by atomic mass is 10.0. The van der Waals surface area contributed by atoms with Crippen LogP contribution in [0.15, 0.2) is 54.6 Å². The van der Waals surface area contributed by atoms with Crippen LogP contribution < -0.4 is 0 Å². The summed E-state index contributed by atoms with van der Waals surface area (Å²) >= 11 is 13.1. The van der Waals surface area contributed by atoms with Gasteiger partial charge in [0.05, 0.1) is 24.5 Å². The molecule has 158 valence electrons. The number of halogens is 2. The van der Waals surface area contributed by atoms with E-state index in [4.69, 9.17) is 33.2 Å². The van der Waals surface area contributed by atoms with Gasteiger partial charge in [0.1, 0.15) is 6.61 Å². The zero-order chi connectivity index (χ0) is 21.3. The summed E-state index contributed by atoms with van der Waals surface area (Å²) in [6.45, 7) is 0.662. The zero-order valence-corrected chi connectivity index (χ0v) is 18.9. The lowest BCUT2D eigenvalue weighted by Crippen LogP contribution is -2.51. The van der Waals surface area contributed by atoms with E-state index in [0.717, 1.165) is 29.2 Å². The molecule has 1 aliphatic heterocycles. The van der Waals surface area contributed by atoms with Gasteiger partial charge < -0.3 is 9.64 Å². The molecule has 0 spiro atoms. The van der Waals surface area contributed by atoms with E-state index >= 15 is 0 Å². The molecule has 1 saturated carbocycles. The van der Waals surface area contributed by atoms with Crippen LogP contribution in [0, 0.1) is 17.2 Å². The van der Waals surface area contributed by atoms with Crippen molar-refractivity contribution in [1.82, 2.24) is 4.90 Å². The molecule has 2 atom stereocenters. The molecule has 1 saturated heterocycles. The van der Waals surface area contributed by atoms with Crippen molar-refractivity contribution in [3.05, 3.63) is 70.2 Å². The predicted molar refractivity (Wildman–Crippen MR) is 123 cm³/mol. The van der Waals surface area contributed by atoms with E-state index < -0.39 is 0 Å². The maximum atomic E-state index is 12.6. The number of benzene rings is 2. The highest BCUT2D eigenvalue weighted by Crippen LogP contribution is 2.41. The van der Waals surface area contributed by atoms with Crippen molar-refractivity contribution in [3.8, 4) is 6.07 Å². The number of amides is 1. The molecule has 1 amide bonds. The molecule has 2 aliphatic rings.